The van der Waals surface area contributed by atoms with E-state index in [-0.39, 0.29) is 24.6 Å². The summed E-state index contributed by atoms with van der Waals surface area (Å²) in [6, 6.07) is 6.11. The number of morpholine rings is 1. The Kier molecular flexibility index (Phi) is 7.83. The average Bonchev–Trinajstić information content (AvgIpc) is 2.66. The van der Waals surface area contributed by atoms with E-state index in [0.717, 1.165) is 13.1 Å². The molecule has 8 nitrogen and oxygen atoms in total. The van der Waals surface area contributed by atoms with E-state index < -0.39 is 16.0 Å². The van der Waals surface area contributed by atoms with Gasteiger partial charge in [0.1, 0.15) is 12.3 Å². The molecular weight excluding hydrogens is 360 g/mol. The van der Waals surface area contributed by atoms with Gasteiger partial charge in [0.25, 0.3) is 0 Å². The first-order valence-corrected chi connectivity index (χ1v) is 10.0. The highest BCUT2D eigenvalue weighted by Crippen LogP contribution is 2.19. The van der Waals surface area contributed by atoms with E-state index in [1.807, 2.05) is 0 Å². The zero-order chi connectivity index (χ0) is 19.0. The summed E-state index contributed by atoms with van der Waals surface area (Å²) >= 11 is 0. The summed E-state index contributed by atoms with van der Waals surface area (Å²) < 4.78 is 42.4. The lowest BCUT2D eigenvalue weighted by molar-refractivity contribution is -0.143. The van der Waals surface area contributed by atoms with Gasteiger partial charge in [0, 0.05) is 26.2 Å². The highest BCUT2D eigenvalue weighted by atomic mass is 32.2. The molecule has 0 bridgehead atoms. The minimum atomic E-state index is -3.82. The summed E-state index contributed by atoms with van der Waals surface area (Å²) in [6.07, 6.45) is 0. The fourth-order valence-corrected chi connectivity index (χ4v) is 3.98. The molecular formula is C17H26N2O6S. The van der Waals surface area contributed by atoms with Crippen LogP contribution in [0.5, 0.6) is 5.75 Å². The number of rotatable bonds is 9. The normalized spacial score (nSPS) is 15.8. The molecule has 1 aliphatic rings. The molecule has 0 N–H and O–H groups in total. The van der Waals surface area contributed by atoms with Gasteiger partial charge in [-0.15, -0.1) is 0 Å². The number of esters is 1. The lowest BCUT2D eigenvalue weighted by Crippen LogP contribution is -2.44. The molecule has 0 aromatic heterocycles. The van der Waals surface area contributed by atoms with Gasteiger partial charge in [0.15, 0.2) is 0 Å². The molecule has 0 spiro atoms. The number of benzene rings is 1. The number of hydrogen-bond donors (Lipinski definition) is 0. The quantitative estimate of drug-likeness (QED) is 0.574. The number of sulfonamides is 1. The van der Waals surface area contributed by atoms with Gasteiger partial charge in [0.05, 0.1) is 31.8 Å². The van der Waals surface area contributed by atoms with E-state index in [1.165, 1.54) is 23.5 Å². The van der Waals surface area contributed by atoms with Crippen LogP contribution < -0.4 is 4.74 Å². The highest BCUT2D eigenvalue weighted by molar-refractivity contribution is 7.89. The van der Waals surface area contributed by atoms with E-state index >= 15 is 0 Å². The Balaban J connectivity index is 2.14. The van der Waals surface area contributed by atoms with Gasteiger partial charge >= 0.3 is 5.97 Å². The van der Waals surface area contributed by atoms with Gasteiger partial charge in [-0.25, -0.2) is 8.42 Å². The maximum Gasteiger partial charge on any atom is 0.321 e. The monoisotopic (exact) mass is 386 g/mol. The molecule has 9 heteroatoms. The summed E-state index contributed by atoms with van der Waals surface area (Å²) in [7, 11) is -2.31. The molecule has 0 saturated carbocycles. The lowest BCUT2D eigenvalue weighted by Gasteiger charge is -2.29. The first-order valence-electron chi connectivity index (χ1n) is 8.57. The van der Waals surface area contributed by atoms with Crippen molar-refractivity contribution in [3.8, 4) is 5.75 Å². The Labute approximate surface area is 154 Å². The third kappa shape index (κ3) is 5.66. The molecule has 0 unspecified atom stereocenters. The highest BCUT2D eigenvalue weighted by Gasteiger charge is 2.28. The number of carbonyl (C=O) groups is 1. The van der Waals surface area contributed by atoms with Crippen LogP contribution in [0, 0.1) is 0 Å². The third-order valence-corrected chi connectivity index (χ3v) is 5.94. The molecule has 1 heterocycles. The van der Waals surface area contributed by atoms with E-state index in [2.05, 4.69) is 4.90 Å². The van der Waals surface area contributed by atoms with Gasteiger partial charge in [0.2, 0.25) is 10.0 Å². The van der Waals surface area contributed by atoms with Crippen molar-refractivity contribution in [1.29, 1.82) is 0 Å². The molecule has 26 heavy (non-hydrogen) atoms. The second kappa shape index (κ2) is 9.86. The van der Waals surface area contributed by atoms with Crippen molar-refractivity contribution in [2.45, 2.75) is 11.8 Å². The summed E-state index contributed by atoms with van der Waals surface area (Å²) in [6.45, 7) is 5.06. The van der Waals surface area contributed by atoms with Gasteiger partial charge in [-0.1, -0.05) is 0 Å². The predicted molar refractivity (Wildman–Crippen MR) is 95.6 cm³/mol. The van der Waals surface area contributed by atoms with Crippen molar-refractivity contribution in [3.63, 3.8) is 0 Å². The Morgan fingerprint density at radius 1 is 1.23 bits per heavy atom. The molecule has 2 rings (SSSR count). The number of methoxy groups -OCH3 is 1. The summed E-state index contributed by atoms with van der Waals surface area (Å²) in [5.41, 5.74) is 0. The smallest absolute Gasteiger partial charge is 0.321 e. The van der Waals surface area contributed by atoms with Crippen LogP contribution in [0.1, 0.15) is 6.92 Å². The van der Waals surface area contributed by atoms with Crippen molar-refractivity contribution in [2.75, 3.05) is 59.7 Å². The standard InChI is InChI=1S/C17H26N2O6S/c1-3-25-17(20)14-19(9-8-18-10-12-24-13-11-18)26(21,22)16-6-4-15(23-2)5-7-16/h4-7H,3,8-14H2,1-2H3. The van der Waals surface area contributed by atoms with Crippen molar-refractivity contribution < 1.29 is 27.4 Å². The fraction of sp³-hybridized carbons (Fsp3) is 0.588. The Morgan fingerprint density at radius 2 is 1.88 bits per heavy atom. The summed E-state index contributed by atoms with van der Waals surface area (Å²) in [5.74, 6) is 0.000716. The molecule has 0 aliphatic carbocycles. The number of ether oxygens (including phenoxy) is 3. The SMILES string of the molecule is CCOC(=O)CN(CCN1CCOCC1)S(=O)(=O)c1ccc(OC)cc1. The van der Waals surface area contributed by atoms with E-state index in [0.29, 0.717) is 25.5 Å². The summed E-state index contributed by atoms with van der Waals surface area (Å²) in [5, 5.41) is 0. The maximum absolute atomic E-state index is 13.0. The molecule has 1 aromatic carbocycles. The van der Waals surface area contributed by atoms with Gasteiger partial charge in [-0.05, 0) is 31.2 Å². The van der Waals surface area contributed by atoms with Crippen molar-refractivity contribution in [1.82, 2.24) is 9.21 Å². The second-order valence-corrected chi connectivity index (χ2v) is 7.71. The predicted octanol–water partition coefficient (Wildman–Crippen LogP) is 0.581. The molecule has 1 fully saturated rings. The first kappa shape index (κ1) is 20.6. The molecule has 0 radical (unpaired) electrons. The van der Waals surface area contributed by atoms with Gasteiger partial charge in [-0.3, -0.25) is 9.69 Å². The van der Waals surface area contributed by atoms with Crippen LogP contribution in [-0.4, -0.2) is 83.2 Å². The van der Waals surface area contributed by atoms with Gasteiger partial charge < -0.3 is 14.2 Å². The maximum atomic E-state index is 13.0. The van der Waals surface area contributed by atoms with Crippen LogP contribution in [0.4, 0.5) is 0 Å². The average molecular weight is 386 g/mol. The lowest BCUT2D eigenvalue weighted by atomic mass is 10.3. The molecule has 1 saturated heterocycles. The van der Waals surface area contributed by atoms with Crippen molar-refractivity contribution in [2.24, 2.45) is 0 Å². The van der Waals surface area contributed by atoms with E-state index in [1.54, 1.807) is 19.1 Å². The van der Waals surface area contributed by atoms with Crippen LogP contribution in [0.3, 0.4) is 0 Å². The minimum Gasteiger partial charge on any atom is -0.497 e. The van der Waals surface area contributed by atoms with Crippen molar-refractivity contribution >= 4 is 16.0 Å². The number of nitrogens with zero attached hydrogens (tertiary/aromatic N) is 2. The Morgan fingerprint density at radius 3 is 2.46 bits per heavy atom. The molecule has 1 aliphatic heterocycles. The Hall–Kier alpha value is -1.68. The van der Waals surface area contributed by atoms with Crippen LogP contribution in [-0.2, 0) is 24.3 Å². The van der Waals surface area contributed by atoms with Crippen LogP contribution >= 0.6 is 0 Å². The third-order valence-electron chi connectivity index (χ3n) is 4.08. The van der Waals surface area contributed by atoms with E-state index in [9.17, 15) is 13.2 Å². The fourth-order valence-electron chi connectivity index (χ4n) is 2.61. The van der Waals surface area contributed by atoms with Crippen LogP contribution in [0.2, 0.25) is 0 Å². The van der Waals surface area contributed by atoms with Crippen LogP contribution in [0.15, 0.2) is 29.2 Å². The molecule has 146 valence electrons. The minimum absolute atomic E-state index is 0.115. The van der Waals surface area contributed by atoms with E-state index in [4.69, 9.17) is 14.2 Å². The molecule has 0 amide bonds. The van der Waals surface area contributed by atoms with Crippen LogP contribution in [0.25, 0.3) is 0 Å². The first-order chi connectivity index (χ1) is 12.5. The zero-order valence-corrected chi connectivity index (χ0v) is 16.0. The summed E-state index contributed by atoms with van der Waals surface area (Å²) in [4.78, 5) is 14.1. The zero-order valence-electron chi connectivity index (χ0n) is 15.2. The molecule has 1 aromatic rings. The van der Waals surface area contributed by atoms with Crippen molar-refractivity contribution in [3.05, 3.63) is 24.3 Å². The van der Waals surface area contributed by atoms with Gasteiger partial charge in [-0.2, -0.15) is 4.31 Å². The topological polar surface area (TPSA) is 85.4 Å². The second-order valence-electron chi connectivity index (χ2n) is 5.77. The largest absolute Gasteiger partial charge is 0.497 e. The number of hydrogen-bond acceptors (Lipinski definition) is 7. The molecule has 0 atom stereocenters. The Bertz CT molecular complexity index is 671. The number of carbonyl (C=O) groups excluding carboxylic acids is 1.